The van der Waals surface area contributed by atoms with E-state index in [0.717, 1.165) is 16.8 Å². The van der Waals surface area contributed by atoms with Crippen molar-refractivity contribution in [3.63, 3.8) is 0 Å². The zero-order valence-corrected chi connectivity index (χ0v) is 16.8. The van der Waals surface area contributed by atoms with Crippen molar-refractivity contribution in [3.8, 4) is 11.5 Å². The van der Waals surface area contributed by atoms with Crippen LogP contribution in [0.4, 0.5) is 10.5 Å². The van der Waals surface area contributed by atoms with Crippen molar-refractivity contribution >= 4 is 52.1 Å². The first-order chi connectivity index (χ1) is 13.2. The number of ether oxygens (including phenoxy) is 1. The maximum atomic E-state index is 11.3. The van der Waals surface area contributed by atoms with E-state index in [9.17, 15) is 14.9 Å². The SMILES string of the molecule is N=C(N)SCc1cc(Cl)ccc1Oc1ccc([N+](=O)[O-])cc1CN(N)C(=O)S. The van der Waals surface area contributed by atoms with E-state index in [-0.39, 0.29) is 23.1 Å². The number of non-ortho nitro benzene ring substituents is 1. The van der Waals surface area contributed by atoms with Crippen molar-refractivity contribution in [1.29, 1.82) is 5.41 Å². The van der Waals surface area contributed by atoms with Gasteiger partial charge in [0.25, 0.3) is 10.9 Å². The quantitative estimate of drug-likeness (QED) is 0.0967. The van der Waals surface area contributed by atoms with Crippen molar-refractivity contribution < 1.29 is 14.5 Å². The highest BCUT2D eigenvalue weighted by atomic mass is 35.5. The number of nitrogens with zero attached hydrogens (tertiary/aromatic N) is 2. The molecule has 9 nitrogen and oxygen atoms in total. The van der Waals surface area contributed by atoms with Gasteiger partial charge in [-0.3, -0.25) is 25.3 Å². The number of halogens is 1. The summed E-state index contributed by atoms with van der Waals surface area (Å²) in [6, 6.07) is 8.89. The van der Waals surface area contributed by atoms with E-state index in [1.165, 1.54) is 18.2 Å². The van der Waals surface area contributed by atoms with Crippen LogP contribution in [0.2, 0.25) is 5.02 Å². The minimum Gasteiger partial charge on any atom is -0.457 e. The van der Waals surface area contributed by atoms with E-state index in [2.05, 4.69) is 12.6 Å². The number of nitrogens with two attached hydrogens (primary N) is 2. The normalized spacial score (nSPS) is 10.4. The number of amidine groups is 1. The van der Waals surface area contributed by atoms with Crippen molar-refractivity contribution in [1.82, 2.24) is 5.01 Å². The molecule has 0 aliphatic rings. The van der Waals surface area contributed by atoms with E-state index >= 15 is 0 Å². The van der Waals surface area contributed by atoms with E-state index in [1.807, 2.05) is 0 Å². The van der Waals surface area contributed by atoms with Gasteiger partial charge >= 0.3 is 0 Å². The Morgan fingerprint density at radius 1 is 1.29 bits per heavy atom. The number of carbonyl (C=O) groups is 1. The van der Waals surface area contributed by atoms with Crippen LogP contribution in [-0.2, 0) is 12.3 Å². The lowest BCUT2D eigenvalue weighted by Gasteiger charge is -2.18. The molecule has 0 saturated heterocycles. The van der Waals surface area contributed by atoms with Crippen molar-refractivity contribution in [2.75, 3.05) is 0 Å². The highest BCUT2D eigenvalue weighted by Gasteiger charge is 2.17. The molecule has 0 bridgehead atoms. The molecular weight excluding hydrogens is 426 g/mol. The number of thioether (sulfide) groups is 1. The predicted molar refractivity (Wildman–Crippen MR) is 112 cm³/mol. The maximum Gasteiger partial charge on any atom is 0.292 e. The number of hydrazine groups is 1. The number of rotatable bonds is 7. The molecule has 0 aromatic heterocycles. The highest BCUT2D eigenvalue weighted by Crippen LogP contribution is 2.34. The van der Waals surface area contributed by atoms with Crippen molar-refractivity contribution in [2.24, 2.45) is 11.6 Å². The van der Waals surface area contributed by atoms with Crippen molar-refractivity contribution in [2.45, 2.75) is 12.3 Å². The molecule has 0 aliphatic carbocycles. The topological polar surface area (TPSA) is 149 Å². The van der Waals surface area contributed by atoms with Gasteiger partial charge in [-0.1, -0.05) is 36.0 Å². The zero-order valence-electron chi connectivity index (χ0n) is 14.3. The average molecular weight is 442 g/mol. The summed E-state index contributed by atoms with van der Waals surface area (Å²) in [5.41, 5.74) is 6.20. The molecular formula is C16H16ClN5O4S2. The van der Waals surface area contributed by atoms with Crippen LogP contribution >= 0.6 is 36.0 Å². The monoisotopic (exact) mass is 441 g/mol. The van der Waals surface area contributed by atoms with E-state index in [0.29, 0.717) is 27.7 Å². The van der Waals surface area contributed by atoms with Crippen LogP contribution in [0.15, 0.2) is 36.4 Å². The minimum absolute atomic E-state index is 0.0620. The van der Waals surface area contributed by atoms with Crippen molar-refractivity contribution in [3.05, 3.63) is 62.7 Å². The van der Waals surface area contributed by atoms with Gasteiger partial charge in [-0.2, -0.15) is 0 Å². The van der Waals surface area contributed by atoms with Crippen LogP contribution in [0.3, 0.4) is 0 Å². The van der Waals surface area contributed by atoms with Gasteiger partial charge in [0, 0.05) is 34.0 Å². The molecule has 0 saturated carbocycles. The molecule has 0 fully saturated rings. The number of thiol groups is 1. The van der Waals surface area contributed by atoms with Gasteiger partial charge in [0.05, 0.1) is 11.5 Å². The average Bonchev–Trinajstić information content (AvgIpc) is 2.62. The van der Waals surface area contributed by atoms with E-state index in [1.54, 1.807) is 18.2 Å². The number of nitro groups is 1. The second-order valence-electron chi connectivity index (χ2n) is 5.47. The third kappa shape index (κ3) is 6.02. The summed E-state index contributed by atoms with van der Waals surface area (Å²) in [5.74, 6) is 6.63. The van der Waals surface area contributed by atoms with Gasteiger partial charge in [-0.05, 0) is 24.3 Å². The van der Waals surface area contributed by atoms with Crippen LogP contribution < -0.4 is 16.3 Å². The molecule has 12 heteroatoms. The Morgan fingerprint density at radius 3 is 2.54 bits per heavy atom. The molecule has 2 aromatic carbocycles. The fourth-order valence-corrected chi connectivity index (χ4v) is 2.99. The number of carbonyl (C=O) groups excluding carboxylic acids is 1. The molecule has 0 unspecified atom stereocenters. The number of benzene rings is 2. The summed E-state index contributed by atoms with van der Waals surface area (Å²) in [6.45, 7) is -0.148. The Bertz CT molecular complexity index is 928. The first-order valence-corrected chi connectivity index (χ1v) is 9.44. The Hall–Kier alpha value is -2.47. The fourth-order valence-electron chi connectivity index (χ4n) is 2.19. The van der Waals surface area contributed by atoms with Gasteiger partial charge in [-0.25, -0.2) is 5.84 Å². The largest absolute Gasteiger partial charge is 0.457 e. The Labute approximate surface area is 175 Å². The van der Waals surface area contributed by atoms with Crippen LogP contribution in [0, 0.1) is 15.5 Å². The first kappa shape index (κ1) is 21.8. The molecule has 2 rings (SSSR count). The third-order valence-corrected chi connectivity index (χ3v) is 4.73. The molecule has 28 heavy (non-hydrogen) atoms. The number of nitro benzene ring substituents is 1. The molecule has 0 radical (unpaired) electrons. The zero-order chi connectivity index (χ0) is 20.8. The van der Waals surface area contributed by atoms with E-state index < -0.39 is 10.2 Å². The number of nitrogens with one attached hydrogen (secondary N) is 1. The minimum atomic E-state index is -0.706. The molecule has 148 valence electrons. The van der Waals surface area contributed by atoms with E-state index in [4.69, 9.17) is 33.3 Å². The molecule has 0 spiro atoms. The van der Waals surface area contributed by atoms with Crippen LogP contribution in [0.25, 0.3) is 0 Å². The summed E-state index contributed by atoms with van der Waals surface area (Å²) in [7, 11) is 0. The summed E-state index contributed by atoms with van der Waals surface area (Å²) >= 11 is 10.8. The number of amides is 1. The first-order valence-electron chi connectivity index (χ1n) is 7.63. The molecule has 0 heterocycles. The summed E-state index contributed by atoms with van der Waals surface area (Å²) < 4.78 is 5.92. The lowest BCUT2D eigenvalue weighted by molar-refractivity contribution is -0.384. The smallest absolute Gasteiger partial charge is 0.292 e. The number of hydrogen-bond acceptors (Lipinski definition) is 7. The van der Waals surface area contributed by atoms with Gasteiger partial charge in [0.1, 0.15) is 11.5 Å². The molecule has 1 amide bonds. The predicted octanol–water partition coefficient (Wildman–Crippen LogP) is 3.89. The summed E-state index contributed by atoms with van der Waals surface area (Å²) in [5, 5.41) is 18.9. The lowest BCUT2D eigenvalue weighted by atomic mass is 10.1. The second-order valence-corrected chi connectivity index (χ2v) is 7.30. The highest BCUT2D eigenvalue weighted by molar-refractivity contribution is 8.13. The summed E-state index contributed by atoms with van der Waals surface area (Å²) in [6.07, 6.45) is 0. The van der Waals surface area contributed by atoms with Gasteiger partial charge in [0.15, 0.2) is 5.17 Å². The third-order valence-electron chi connectivity index (χ3n) is 3.47. The molecule has 5 N–H and O–H groups in total. The standard InChI is InChI=1S/C16H16ClN5O4S2/c17-11-1-3-14(10(5-11)8-28-15(18)19)26-13-4-2-12(22(24)25)6-9(13)7-21(20)16(23)27/h1-6H,7-8,20H2,(H3,18,19)(H,23,27). The van der Waals surface area contributed by atoms with Crippen LogP contribution in [0.5, 0.6) is 11.5 Å². The molecule has 2 aromatic rings. The fraction of sp³-hybridized carbons (Fsp3) is 0.125. The Morgan fingerprint density at radius 2 is 1.93 bits per heavy atom. The number of hydrogen-bond donors (Lipinski definition) is 4. The molecule has 0 atom stereocenters. The van der Waals surface area contributed by atoms with Crippen LogP contribution in [0.1, 0.15) is 11.1 Å². The molecule has 0 aliphatic heterocycles. The summed E-state index contributed by atoms with van der Waals surface area (Å²) in [4.78, 5) is 21.8. The van der Waals surface area contributed by atoms with Crippen LogP contribution in [-0.4, -0.2) is 20.3 Å². The van der Waals surface area contributed by atoms with Gasteiger partial charge in [0.2, 0.25) is 0 Å². The maximum absolute atomic E-state index is 11.3. The van der Waals surface area contributed by atoms with Gasteiger partial charge < -0.3 is 10.5 Å². The Balaban J connectivity index is 2.40. The lowest BCUT2D eigenvalue weighted by Crippen LogP contribution is -2.32. The van der Waals surface area contributed by atoms with Gasteiger partial charge in [-0.15, -0.1) is 0 Å². The Kier molecular flexibility index (Phi) is 7.52. The second kappa shape index (κ2) is 9.64.